The van der Waals surface area contributed by atoms with Gasteiger partial charge in [-0.3, -0.25) is 9.59 Å². The summed E-state index contributed by atoms with van der Waals surface area (Å²) in [7, 11) is 0. The minimum absolute atomic E-state index is 0.0398. The highest BCUT2D eigenvalue weighted by Crippen LogP contribution is 2.30. The Hall–Kier alpha value is -1.88. The molecule has 2 fully saturated rings. The van der Waals surface area contributed by atoms with Gasteiger partial charge in [0.05, 0.1) is 25.2 Å². The molecule has 3 rings (SSSR count). The van der Waals surface area contributed by atoms with E-state index >= 15 is 0 Å². The van der Waals surface area contributed by atoms with E-state index in [4.69, 9.17) is 4.74 Å². The average molecular weight is 316 g/mol. The molecule has 2 heterocycles. The highest BCUT2D eigenvalue weighted by atomic mass is 16.5. The molecule has 0 radical (unpaired) electrons. The van der Waals surface area contributed by atoms with Crippen LogP contribution in [0.3, 0.4) is 0 Å². The number of amides is 2. The van der Waals surface area contributed by atoms with Gasteiger partial charge in [0.2, 0.25) is 11.8 Å². The Balaban J connectivity index is 1.77. The minimum Gasteiger partial charge on any atom is -0.377 e. The van der Waals surface area contributed by atoms with Gasteiger partial charge in [0.15, 0.2) is 0 Å². The SMILES string of the molecule is Cc1cccc(N2C[C@H](C(=O)N3CCOC[C@@H]3C)CC2=O)c1C. The van der Waals surface area contributed by atoms with Crippen molar-refractivity contribution in [2.24, 2.45) is 5.92 Å². The molecule has 1 aromatic rings. The highest BCUT2D eigenvalue weighted by molar-refractivity contribution is 6.01. The smallest absolute Gasteiger partial charge is 0.228 e. The van der Waals surface area contributed by atoms with Crippen molar-refractivity contribution in [3.8, 4) is 0 Å². The van der Waals surface area contributed by atoms with Crippen LogP contribution in [0.2, 0.25) is 0 Å². The molecule has 23 heavy (non-hydrogen) atoms. The standard InChI is InChI=1S/C18H24N2O3/c1-12-5-4-6-16(14(12)3)20-10-15(9-17(20)21)18(22)19-7-8-23-11-13(19)2/h4-6,13,15H,7-11H2,1-3H3/t13-,15+/m0/s1. The first-order valence-electron chi connectivity index (χ1n) is 8.24. The lowest BCUT2D eigenvalue weighted by Gasteiger charge is -2.35. The fourth-order valence-corrected chi connectivity index (χ4v) is 3.42. The fraction of sp³-hybridized carbons (Fsp3) is 0.556. The second kappa shape index (κ2) is 6.32. The molecule has 2 aliphatic heterocycles. The van der Waals surface area contributed by atoms with E-state index in [-0.39, 0.29) is 23.8 Å². The van der Waals surface area contributed by atoms with Crippen LogP contribution in [0.5, 0.6) is 0 Å². The number of nitrogens with zero attached hydrogens (tertiary/aromatic N) is 2. The molecule has 0 aromatic heterocycles. The van der Waals surface area contributed by atoms with Crippen molar-refractivity contribution < 1.29 is 14.3 Å². The predicted molar refractivity (Wildman–Crippen MR) is 88.4 cm³/mol. The number of morpholine rings is 1. The average Bonchev–Trinajstić information content (AvgIpc) is 2.92. The van der Waals surface area contributed by atoms with Crippen LogP contribution in [0, 0.1) is 19.8 Å². The zero-order valence-corrected chi connectivity index (χ0v) is 14.0. The lowest BCUT2D eigenvalue weighted by atomic mass is 10.1. The molecule has 124 valence electrons. The van der Waals surface area contributed by atoms with Crippen molar-refractivity contribution in [3.63, 3.8) is 0 Å². The molecular weight excluding hydrogens is 292 g/mol. The lowest BCUT2D eigenvalue weighted by molar-refractivity contribution is -0.143. The van der Waals surface area contributed by atoms with E-state index in [1.54, 1.807) is 4.90 Å². The second-order valence-electron chi connectivity index (χ2n) is 6.58. The fourth-order valence-electron chi connectivity index (χ4n) is 3.42. The van der Waals surface area contributed by atoms with Gasteiger partial charge in [-0.05, 0) is 38.0 Å². The van der Waals surface area contributed by atoms with E-state index in [0.29, 0.717) is 32.7 Å². The van der Waals surface area contributed by atoms with Gasteiger partial charge >= 0.3 is 0 Å². The maximum atomic E-state index is 12.8. The number of hydrogen-bond acceptors (Lipinski definition) is 3. The van der Waals surface area contributed by atoms with E-state index in [2.05, 4.69) is 0 Å². The second-order valence-corrected chi connectivity index (χ2v) is 6.58. The molecule has 5 nitrogen and oxygen atoms in total. The molecule has 2 amide bonds. The molecule has 2 saturated heterocycles. The van der Waals surface area contributed by atoms with Crippen molar-refractivity contribution in [2.45, 2.75) is 33.2 Å². The van der Waals surface area contributed by atoms with Gasteiger partial charge in [0.1, 0.15) is 0 Å². The zero-order valence-electron chi connectivity index (χ0n) is 14.0. The summed E-state index contributed by atoms with van der Waals surface area (Å²) in [6.07, 6.45) is 0.302. The van der Waals surface area contributed by atoms with E-state index in [1.165, 1.54) is 0 Å². The summed E-state index contributed by atoms with van der Waals surface area (Å²) in [5, 5.41) is 0. The Bertz CT molecular complexity index is 629. The molecule has 2 aliphatic rings. The number of hydrogen-bond donors (Lipinski definition) is 0. The summed E-state index contributed by atoms with van der Waals surface area (Å²) < 4.78 is 5.39. The molecule has 2 atom stereocenters. The first-order chi connectivity index (χ1) is 11.0. The first-order valence-corrected chi connectivity index (χ1v) is 8.24. The van der Waals surface area contributed by atoms with Gasteiger partial charge in [-0.1, -0.05) is 12.1 Å². The Morgan fingerprint density at radius 3 is 2.83 bits per heavy atom. The van der Waals surface area contributed by atoms with E-state index in [1.807, 2.05) is 43.9 Å². The van der Waals surface area contributed by atoms with Crippen LogP contribution < -0.4 is 4.90 Å². The number of anilines is 1. The van der Waals surface area contributed by atoms with Gasteiger partial charge in [-0.25, -0.2) is 0 Å². The van der Waals surface area contributed by atoms with Crippen molar-refractivity contribution in [1.82, 2.24) is 4.90 Å². The van der Waals surface area contributed by atoms with Crippen LogP contribution >= 0.6 is 0 Å². The summed E-state index contributed by atoms with van der Waals surface area (Å²) in [6.45, 7) is 8.32. The molecule has 1 aromatic carbocycles. The number of carbonyl (C=O) groups is 2. The van der Waals surface area contributed by atoms with Crippen molar-refractivity contribution in [1.29, 1.82) is 0 Å². The van der Waals surface area contributed by atoms with Crippen LogP contribution in [0.4, 0.5) is 5.69 Å². The summed E-state index contributed by atoms with van der Waals surface area (Å²) in [6, 6.07) is 6.05. The van der Waals surface area contributed by atoms with Crippen LogP contribution in [0.15, 0.2) is 18.2 Å². The van der Waals surface area contributed by atoms with Gasteiger partial charge < -0.3 is 14.5 Å². The van der Waals surface area contributed by atoms with Gasteiger partial charge in [-0.2, -0.15) is 0 Å². The summed E-state index contributed by atoms with van der Waals surface area (Å²) >= 11 is 0. The van der Waals surface area contributed by atoms with Crippen molar-refractivity contribution in [2.75, 3.05) is 31.2 Å². The molecular formula is C18H24N2O3. The van der Waals surface area contributed by atoms with Crippen LogP contribution in [-0.4, -0.2) is 49.1 Å². The Morgan fingerprint density at radius 1 is 1.30 bits per heavy atom. The Kier molecular flexibility index (Phi) is 4.39. The maximum absolute atomic E-state index is 12.8. The number of carbonyl (C=O) groups excluding carboxylic acids is 2. The third-order valence-electron chi connectivity index (χ3n) is 4.99. The number of aryl methyl sites for hydroxylation is 1. The minimum atomic E-state index is -0.247. The summed E-state index contributed by atoms with van der Waals surface area (Å²) in [4.78, 5) is 28.9. The van der Waals surface area contributed by atoms with Gasteiger partial charge in [-0.15, -0.1) is 0 Å². The first kappa shape index (κ1) is 16.0. The molecule has 0 bridgehead atoms. The molecule has 0 spiro atoms. The molecule has 0 N–H and O–H groups in total. The number of rotatable bonds is 2. The van der Waals surface area contributed by atoms with E-state index in [9.17, 15) is 9.59 Å². The summed E-state index contributed by atoms with van der Waals surface area (Å²) in [5.74, 6) is -0.122. The van der Waals surface area contributed by atoms with E-state index < -0.39 is 0 Å². The molecule has 0 saturated carbocycles. The summed E-state index contributed by atoms with van der Waals surface area (Å²) in [5.41, 5.74) is 3.20. The van der Waals surface area contributed by atoms with Crippen LogP contribution in [-0.2, 0) is 14.3 Å². The van der Waals surface area contributed by atoms with Crippen LogP contribution in [0.25, 0.3) is 0 Å². The van der Waals surface area contributed by atoms with Gasteiger partial charge in [0, 0.05) is 25.2 Å². The highest BCUT2D eigenvalue weighted by Gasteiger charge is 2.39. The number of ether oxygens (including phenoxy) is 1. The van der Waals surface area contributed by atoms with Crippen LogP contribution in [0.1, 0.15) is 24.5 Å². The van der Waals surface area contributed by atoms with E-state index in [0.717, 1.165) is 16.8 Å². The number of benzene rings is 1. The Morgan fingerprint density at radius 2 is 2.09 bits per heavy atom. The van der Waals surface area contributed by atoms with Gasteiger partial charge in [0.25, 0.3) is 0 Å². The normalized spacial score (nSPS) is 25.1. The topological polar surface area (TPSA) is 49.9 Å². The maximum Gasteiger partial charge on any atom is 0.228 e. The molecule has 0 unspecified atom stereocenters. The Labute approximate surface area is 137 Å². The third-order valence-corrected chi connectivity index (χ3v) is 4.99. The quantitative estimate of drug-likeness (QED) is 0.837. The molecule has 5 heteroatoms. The van der Waals surface area contributed by atoms with Crippen molar-refractivity contribution in [3.05, 3.63) is 29.3 Å². The molecule has 0 aliphatic carbocycles. The van der Waals surface area contributed by atoms with Crippen molar-refractivity contribution >= 4 is 17.5 Å². The predicted octanol–water partition coefficient (Wildman–Crippen LogP) is 1.90. The third kappa shape index (κ3) is 2.98. The lowest BCUT2D eigenvalue weighted by Crippen LogP contribution is -2.49. The zero-order chi connectivity index (χ0) is 16.6. The monoisotopic (exact) mass is 316 g/mol. The largest absolute Gasteiger partial charge is 0.377 e.